The van der Waals surface area contributed by atoms with Crippen LogP contribution in [-0.4, -0.2) is 10.1 Å². The Bertz CT molecular complexity index is 508. The molecule has 0 unspecified atom stereocenters. The minimum absolute atomic E-state index is 0.461. The zero-order valence-corrected chi connectivity index (χ0v) is 10.9. The lowest BCUT2D eigenvalue weighted by atomic mass is 9.99. The number of nitrogens with zero attached hydrogens (tertiary/aromatic N) is 1. The van der Waals surface area contributed by atoms with Crippen LogP contribution in [0.3, 0.4) is 0 Å². The van der Waals surface area contributed by atoms with Gasteiger partial charge >= 0.3 is 0 Å². The van der Waals surface area contributed by atoms with Crippen molar-refractivity contribution >= 4 is 21.6 Å². The number of hydrogen-bond donors (Lipinski definition) is 1. The van der Waals surface area contributed by atoms with E-state index in [1.807, 2.05) is 18.2 Å². The Hall–Kier alpha value is -0.930. The third-order valence-electron chi connectivity index (χ3n) is 2.61. The molecule has 0 aliphatic carbocycles. The Morgan fingerprint density at radius 2 is 2.00 bits per heavy atom. The molecular formula is C13H17NOS. The Morgan fingerprint density at radius 3 is 2.56 bits per heavy atom. The number of thiazole rings is 1. The quantitative estimate of drug-likeness (QED) is 0.862. The molecule has 2 nitrogen and oxygen atoms in total. The van der Waals surface area contributed by atoms with E-state index >= 15 is 0 Å². The van der Waals surface area contributed by atoms with Gasteiger partial charge in [-0.05, 0) is 31.5 Å². The normalized spacial score (nSPS) is 12.6. The topological polar surface area (TPSA) is 33.1 Å². The number of fused-ring (bicyclic) bond motifs is 1. The highest BCUT2D eigenvalue weighted by Crippen LogP contribution is 2.30. The second-order valence-electron chi connectivity index (χ2n) is 4.95. The molecule has 0 bridgehead atoms. The number of benzene rings is 1. The largest absolute Gasteiger partial charge is 0.386 e. The van der Waals surface area contributed by atoms with Crippen LogP contribution in [0.1, 0.15) is 44.2 Å². The fourth-order valence-corrected chi connectivity index (χ4v) is 2.58. The second kappa shape index (κ2) is 3.82. The first-order chi connectivity index (χ1) is 7.38. The van der Waals surface area contributed by atoms with Gasteiger partial charge in [0.15, 0.2) is 0 Å². The van der Waals surface area contributed by atoms with Gasteiger partial charge < -0.3 is 5.11 Å². The molecule has 0 atom stereocenters. The fourth-order valence-electron chi connectivity index (χ4n) is 1.57. The van der Waals surface area contributed by atoms with Gasteiger partial charge in [0, 0.05) is 5.92 Å². The highest BCUT2D eigenvalue weighted by Gasteiger charge is 2.17. The van der Waals surface area contributed by atoms with Gasteiger partial charge in [-0.3, -0.25) is 0 Å². The lowest BCUT2D eigenvalue weighted by molar-refractivity contribution is 0.0787. The smallest absolute Gasteiger partial charge is 0.0963 e. The van der Waals surface area contributed by atoms with E-state index in [0.717, 1.165) is 20.8 Å². The Morgan fingerprint density at radius 1 is 1.31 bits per heavy atom. The van der Waals surface area contributed by atoms with Crippen LogP contribution in [0.2, 0.25) is 0 Å². The average Bonchev–Trinajstić information content (AvgIpc) is 2.58. The highest BCUT2D eigenvalue weighted by atomic mass is 32.1. The summed E-state index contributed by atoms with van der Waals surface area (Å²) in [6, 6.07) is 5.98. The minimum atomic E-state index is -0.782. The number of rotatable bonds is 2. The minimum Gasteiger partial charge on any atom is -0.386 e. The van der Waals surface area contributed by atoms with Crippen molar-refractivity contribution in [1.82, 2.24) is 4.98 Å². The molecule has 0 aliphatic heterocycles. The highest BCUT2D eigenvalue weighted by molar-refractivity contribution is 7.18. The molecule has 1 N–H and O–H groups in total. The molecule has 1 aromatic carbocycles. The maximum atomic E-state index is 9.95. The van der Waals surface area contributed by atoms with Gasteiger partial charge in [0.1, 0.15) is 0 Å². The van der Waals surface area contributed by atoms with Crippen LogP contribution in [0.25, 0.3) is 10.2 Å². The molecule has 86 valence electrons. The zero-order valence-electron chi connectivity index (χ0n) is 10.1. The molecule has 2 aromatic rings. The molecule has 2 rings (SSSR count). The summed E-state index contributed by atoms with van der Waals surface area (Å²) in [4.78, 5) is 4.57. The zero-order chi connectivity index (χ0) is 11.9. The molecule has 0 saturated heterocycles. The van der Waals surface area contributed by atoms with Crippen molar-refractivity contribution in [2.45, 2.75) is 39.2 Å². The van der Waals surface area contributed by atoms with Crippen molar-refractivity contribution in [3.8, 4) is 0 Å². The predicted molar refractivity (Wildman–Crippen MR) is 69.0 cm³/mol. The summed E-state index contributed by atoms with van der Waals surface area (Å²) >= 11 is 1.71. The molecule has 0 radical (unpaired) electrons. The van der Waals surface area contributed by atoms with E-state index in [9.17, 15) is 5.11 Å². The van der Waals surface area contributed by atoms with Crippen LogP contribution in [0.5, 0.6) is 0 Å². The first-order valence-corrected chi connectivity index (χ1v) is 6.33. The first kappa shape index (κ1) is 11.6. The molecular weight excluding hydrogens is 218 g/mol. The third-order valence-corrected chi connectivity index (χ3v) is 3.92. The van der Waals surface area contributed by atoms with E-state index in [-0.39, 0.29) is 0 Å². The molecule has 0 amide bonds. The summed E-state index contributed by atoms with van der Waals surface area (Å²) in [5.74, 6) is 0.461. The Labute approximate surface area is 100.0 Å². The first-order valence-electron chi connectivity index (χ1n) is 5.51. The van der Waals surface area contributed by atoms with Crippen LogP contribution < -0.4 is 0 Å². The van der Waals surface area contributed by atoms with Gasteiger partial charge in [0.2, 0.25) is 0 Å². The molecule has 0 spiro atoms. The van der Waals surface area contributed by atoms with Gasteiger partial charge in [-0.1, -0.05) is 19.9 Å². The van der Waals surface area contributed by atoms with Gasteiger partial charge in [-0.2, -0.15) is 0 Å². The molecule has 3 heteroatoms. The van der Waals surface area contributed by atoms with Crippen molar-refractivity contribution < 1.29 is 5.11 Å². The van der Waals surface area contributed by atoms with E-state index in [1.54, 1.807) is 25.2 Å². The van der Waals surface area contributed by atoms with E-state index in [4.69, 9.17) is 0 Å². The van der Waals surface area contributed by atoms with E-state index in [2.05, 4.69) is 18.8 Å². The average molecular weight is 235 g/mol. The summed E-state index contributed by atoms with van der Waals surface area (Å²) in [5, 5.41) is 11.1. The van der Waals surface area contributed by atoms with Crippen LogP contribution in [0.4, 0.5) is 0 Å². The van der Waals surface area contributed by atoms with Gasteiger partial charge in [-0.25, -0.2) is 4.98 Å². The predicted octanol–water partition coefficient (Wildman–Crippen LogP) is 3.65. The van der Waals surface area contributed by atoms with Crippen LogP contribution in [0.15, 0.2) is 18.2 Å². The maximum Gasteiger partial charge on any atom is 0.0963 e. The molecule has 0 aliphatic rings. The van der Waals surface area contributed by atoms with Gasteiger partial charge in [-0.15, -0.1) is 11.3 Å². The summed E-state index contributed by atoms with van der Waals surface area (Å²) < 4.78 is 1.16. The lowest BCUT2D eigenvalue weighted by Crippen LogP contribution is -2.14. The van der Waals surface area contributed by atoms with E-state index < -0.39 is 5.60 Å². The third kappa shape index (κ3) is 2.11. The molecule has 0 saturated carbocycles. The number of hydrogen-bond acceptors (Lipinski definition) is 3. The van der Waals surface area contributed by atoms with Crippen molar-refractivity contribution in [1.29, 1.82) is 0 Å². The summed E-state index contributed by atoms with van der Waals surface area (Å²) in [6.07, 6.45) is 0. The Kier molecular flexibility index (Phi) is 2.76. The van der Waals surface area contributed by atoms with Gasteiger partial charge in [0.25, 0.3) is 0 Å². The van der Waals surface area contributed by atoms with Crippen molar-refractivity contribution in [3.63, 3.8) is 0 Å². The standard InChI is InChI=1S/C13H17NOS/c1-8(2)12-14-10-6-5-9(13(3,4)15)7-11(10)16-12/h5-8,15H,1-4H3. The lowest BCUT2D eigenvalue weighted by Gasteiger charge is -2.17. The van der Waals surface area contributed by atoms with E-state index in [0.29, 0.717) is 5.92 Å². The van der Waals surface area contributed by atoms with Crippen molar-refractivity contribution in [2.75, 3.05) is 0 Å². The number of aromatic nitrogens is 1. The molecule has 1 aromatic heterocycles. The molecule has 0 fully saturated rings. The van der Waals surface area contributed by atoms with E-state index in [1.165, 1.54) is 0 Å². The molecule has 16 heavy (non-hydrogen) atoms. The molecule has 1 heterocycles. The SMILES string of the molecule is CC(C)c1nc2ccc(C(C)(C)O)cc2s1. The second-order valence-corrected chi connectivity index (χ2v) is 6.01. The van der Waals surface area contributed by atoms with Crippen LogP contribution in [-0.2, 0) is 5.60 Å². The van der Waals surface area contributed by atoms with Crippen LogP contribution in [0, 0.1) is 0 Å². The summed E-state index contributed by atoms with van der Waals surface area (Å²) in [7, 11) is 0. The van der Waals surface area contributed by atoms with Crippen molar-refractivity contribution in [2.24, 2.45) is 0 Å². The number of aliphatic hydroxyl groups is 1. The van der Waals surface area contributed by atoms with Crippen LogP contribution >= 0.6 is 11.3 Å². The maximum absolute atomic E-state index is 9.95. The Balaban J connectivity index is 2.54. The summed E-state index contributed by atoms with van der Waals surface area (Å²) in [5.41, 5.74) is 1.19. The van der Waals surface area contributed by atoms with Crippen molar-refractivity contribution in [3.05, 3.63) is 28.8 Å². The fraction of sp³-hybridized carbons (Fsp3) is 0.462. The monoisotopic (exact) mass is 235 g/mol. The van der Waals surface area contributed by atoms with Gasteiger partial charge in [0.05, 0.1) is 20.8 Å². The summed E-state index contributed by atoms with van der Waals surface area (Å²) in [6.45, 7) is 7.90.